The maximum Gasteiger partial charge on any atom is 0.140 e. The van der Waals surface area contributed by atoms with Crippen LogP contribution in [0.5, 0.6) is 11.5 Å². The van der Waals surface area contributed by atoms with E-state index in [1.165, 1.54) is 39.9 Å². The molecule has 9 aromatic rings. The molecule has 0 saturated heterocycles. The molecule has 264 valence electrons. The van der Waals surface area contributed by atoms with Crippen LogP contribution in [0.4, 0.5) is 21.5 Å². The Balaban J connectivity index is 1.17. The topological polar surface area (TPSA) is 12.5 Å². The molecule has 0 bridgehead atoms. The Morgan fingerprint density at radius 2 is 0.982 bits per heavy atom. The zero-order valence-corrected chi connectivity index (χ0v) is 30.4. The summed E-state index contributed by atoms with van der Waals surface area (Å²) in [4.78, 5) is 2.38. The van der Waals surface area contributed by atoms with Crippen molar-refractivity contribution in [3.8, 4) is 44.9 Å². The van der Waals surface area contributed by atoms with Gasteiger partial charge in [-0.15, -0.1) is 0 Å². The van der Waals surface area contributed by atoms with Gasteiger partial charge in [-0.2, -0.15) is 0 Å². The Morgan fingerprint density at radius 1 is 0.411 bits per heavy atom. The highest BCUT2D eigenvalue weighted by Gasteiger charge is 2.52. The number of benzene rings is 9. The number of para-hydroxylation sites is 1. The summed E-state index contributed by atoms with van der Waals surface area (Å²) in [5.74, 6) is 1.53. The molecule has 9 aromatic carbocycles. The lowest BCUT2D eigenvalue weighted by Crippen LogP contribution is -2.32. The lowest BCUT2D eigenvalue weighted by Gasteiger charge is -2.40. The fraction of sp³-hybridized carbons (Fsp3) is 0.0189. The van der Waals surface area contributed by atoms with Crippen molar-refractivity contribution in [3.05, 3.63) is 234 Å². The first kappa shape index (κ1) is 32.2. The zero-order valence-electron chi connectivity index (χ0n) is 30.4. The highest BCUT2D eigenvalue weighted by Crippen LogP contribution is 2.64. The first-order chi connectivity index (χ1) is 27.7. The van der Waals surface area contributed by atoms with E-state index in [0.29, 0.717) is 0 Å². The molecule has 0 amide bonds. The molecule has 0 aromatic heterocycles. The fourth-order valence-corrected chi connectivity index (χ4v) is 9.15. The van der Waals surface area contributed by atoms with Gasteiger partial charge in [0, 0.05) is 33.5 Å². The number of hydrogen-bond acceptors (Lipinski definition) is 2. The van der Waals surface area contributed by atoms with Gasteiger partial charge in [-0.05, 0) is 92.9 Å². The van der Waals surface area contributed by atoms with Gasteiger partial charge >= 0.3 is 0 Å². The minimum absolute atomic E-state index is 0.241. The Hall–Kier alpha value is -7.23. The van der Waals surface area contributed by atoms with Gasteiger partial charge in [-0.25, -0.2) is 4.39 Å². The summed E-state index contributed by atoms with van der Waals surface area (Å²) >= 11 is 0. The number of nitrogens with zero attached hydrogens (tertiary/aromatic N) is 1. The molecule has 11 rings (SSSR count). The van der Waals surface area contributed by atoms with Crippen LogP contribution < -0.4 is 9.64 Å². The molecule has 0 fully saturated rings. The summed E-state index contributed by atoms with van der Waals surface area (Å²) < 4.78 is 20.7. The van der Waals surface area contributed by atoms with Crippen LogP contribution in [-0.4, -0.2) is 0 Å². The number of halogens is 1. The highest BCUT2D eigenvalue weighted by molar-refractivity contribution is 6.00. The standard InChI is InChI=1S/C53H34FNO/c54-40-28-21-36(22-29-40)38-25-32-42(33-26-38)55(41-30-23-37(24-31-41)35-11-2-1-3-12-35)49-19-10-18-47-51(49)44-15-6-7-16-45(44)53(47)46-17-8-9-20-50(46)56-52-43-14-5-4-13-39(43)27-34-48(52)53/h1-34H. The molecule has 1 unspecified atom stereocenters. The first-order valence-corrected chi connectivity index (χ1v) is 19.0. The monoisotopic (exact) mass is 719 g/mol. The average Bonchev–Trinajstić information content (AvgIpc) is 3.56. The lowest BCUT2D eigenvalue weighted by atomic mass is 9.65. The van der Waals surface area contributed by atoms with E-state index in [9.17, 15) is 4.39 Å². The summed E-state index contributed by atoms with van der Waals surface area (Å²) in [5, 5.41) is 2.25. The number of rotatable bonds is 5. The van der Waals surface area contributed by atoms with Crippen molar-refractivity contribution in [2.45, 2.75) is 5.41 Å². The van der Waals surface area contributed by atoms with Crippen LogP contribution in [0.2, 0.25) is 0 Å². The van der Waals surface area contributed by atoms with Crippen molar-refractivity contribution < 1.29 is 9.13 Å². The van der Waals surface area contributed by atoms with Gasteiger partial charge in [0.1, 0.15) is 17.3 Å². The summed E-state index contributed by atoms with van der Waals surface area (Å²) in [5.41, 5.74) is 14.0. The minimum Gasteiger partial charge on any atom is -0.456 e. The number of fused-ring (bicyclic) bond motifs is 11. The maximum atomic E-state index is 13.9. The number of anilines is 3. The van der Waals surface area contributed by atoms with Crippen molar-refractivity contribution in [1.29, 1.82) is 0 Å². The Labute approximate surface area is 325 Å². The molecule has 2 aliphatic rings. The predicted octanol–water partition coefficient (Wildman–Crippen LogP) is 14.3. The van der Waals surface area contributed by atoms with Gasteiger partial charge in [-0.1, -0.05) is 158 Å². The molecular formula is C53H34FNO. The lowest BCUT2D eigenvalue weighted by molar-refractivity contribution is 0.441. The van der Waals surface area contributed by atoms with Crippen LogP contribution in [0.15, 0.2) is 206 Å². The highest BCUT2D eigenvalue weighted by atomic mass is 19.1. The molecule has 1 aliphatic carbocycles. The van der Waals surface area contributed by atoms with E-state index < -0.39 is 5.41 Å². The van der Waals surface area contributed by atoms with E-state index in [2.05, 4.69) is 181 Å². The van der Waals surface area contributed by atoms with Crippen molar-refractivity contribution in [3.63, 3.8) is 0 Å². The minimum atomic E-state index is -0.620. The molecule has 1 spiro atoms. The molecule has 1 atom stereocenters. The molecule has 56 heavy (non-hydrogen) atoms. The van der Waals surface area contributed by atoms with Gasteiger partial charge in [0.15, 0.2) is 0 Å². The van der Waals surface area contributed by atoms with Crippen LogP contribution in [0.3, 0.4) is 0 Å². The predicted molar refractivity (Wildman–Crippen MR) is 227 cm³/mol. The Kier molecular flexibility index (Phi) is 7.30. The molecular weight excluding hydrogens is 686 g/mol. The molecule has 0 saturated carbocycles. The molecule has 3 heteroatoms. The van der Waals surface area contributed by atoms with Gasteiger partial charge in [0.05, 0.1) is 11.1 Å². The van der Waals surface area contributed by atoms with E-state index in [-0.39, 0.29) is 5.82 Å². The Morgan fingerprint density at radius 3 is 1.71 bits per heavy atom. The number of hydrogen-bond donors (Lipinski definition) is 0. The second kappa shape index (κ2) is 12.7. The average molecular weight is 720 g/mol. The van der Waals surface area contributed by atoms with Crippen molar-refractivity contribution >= 4 is 27.8 Å². The van der Waals surface area contributed by atoms with Gasteiger partial charge in [0.25, 0.3) is 0 Å². The van der Waals surface area contributed by atoms with Crippen molar-refractivity contribution in [2.24, 2.45) is 0 Å². The largest absolute Gasteiger partial charge is 0.456 e. The normalized spacial score (nSPS) is 14.7. The first-order valence-electron chi connectivity index (χ1n) is 19.0. The van der Waals surface area contributed by atoms with Crippen LogP contribution in [-0.2, 0) is 5.41 Å². The molecule has 0 N–H and O–H groups in total. The second-order valence-corrected chi connectivity index (χ2v) is 14.6. The van der Waals surface area contributed by atoms with E-state index >= 15 is 0 Å². The SMILES string of the molecule is Fc1ccc(-c2ccc(N(c3ccc(-c4ccccc4)cc3)c3cccc4c3-c3ccccc3C43c4ccccc4Oc4c3ccc3ccccc43)cc2)cc1. The number of ether oxygens (including phenoxy) is 1. The molecule has 1 aliphatic heterocycles. The van der Waals surface area contributed by atoms with Crippen LogP contribution in [0, 0.1) is 5.82 Å². The summed E-state index contributed by atoms with van der Waals surface area (Å²) in [7, 11) is 0. The van der Waals surface area contributed by atoms with Gasteiger partial charge in [-0.3, -0.25) is 0 Å². The van der Waals surface area contributed by atoms with E-state index in [1.54, 1.807) is 0 Å². The zero-order chi connectivity index (χ0) is 37.2. The van der Waals surface area contributed by atoms with Crippen LogP contribution >= 0.6 is 0 Å². The van der Waals surface area contributed by atoms with Gasteiger partial charge < -0.3 is 9.64 Å². The second-order valence-electron chi connectivity index (χ2n) is 14.6. The summed E-state index contributed by atoms with van der Waals surface area (Å²) in [6, 6.07) is 71.9. The molecule has 2 nitrogen and oxygen atoms in total. The van der Waals surface area contributed by atoms with E-state index in [4.69, 9.17) is 4.74 Å². The van der Waals surface area contributed by atoms with E-state index in [1.807, 2.05) is 18.2 Å². The van der Waals surface area contributed by atoms with E-state index in [0.717, 1.165) is 67.2 Å². The van der Waals surface area contributed by atoms with Crippen LogP contribution in [0.25, 0.3) is 44.2 Å². The third kappa shape index (κ3) is 4.81. The van der Waals surface area contributed by atoms with Gasteiger partial charge in [0.2, 0.25) is 0 Å². The van der Waals surface area contributed by atoms with Crippen molar-refractivity contribution in [2.75, 3.05) is 4.90 Å². The fourth-order valence-electron chi connectivity index (χ4n) is 9.15. The molecule has 1 heterocycles. The van der Waals surface area contributed by atoms with Crippen molar-refractivity contribution in [1.82, 2.24) is 0 Å². The summed E-state index contributed by atoms with van der Waals surface area (Å²) in [6.45, 7) is 0. The quantitative estimate of drug-likeness (QED) is 0.176. The summed E-state index contributed by atoms with van der Waals surface area (Å²) in [6.07, 6.45) is 0. The maximum absolute atomic E-state index is 13.9. The third-order valence-electron chi connectivity index (χ3n) is 11.6. The Bertz CT molecular complexity index is 2940. The van der Waals surface area contributed by atoms with Crippen LogP contribution in [0.1, 0.15) is 22.3 Å². The third-order valence-corrected chi connectivity index (χ3v) is 11.6. The smallest absolute Gasteiger partial charge is 0.140 e. The molecule has 0 radical (unpaired) electrons.